The van der Waals surface area contributed by atoms with Crippen LogP contribution >= 0.6 is 0 Å². The molecule has 0 aromatic carbocycles. The maximum absolute atomic E-state index is 0. The molecule has 0 rings (SSSR count). The van der Waals surface area contributed by atoms with Crippen LogP contribution in [0, 0.1) is 0 Å². The minimum atomic E-state index is 0. The van der Waals surface area contributed by atoms with Crippen molar-refractivity contribution in [2.75, 3.05) is 0 Å². The van der Waals surface area contributed by atoms with Crippen LogP contribution in [-0.2, 0) is 0 Å². The van der Waals surface area contributed by atoms with E-state index in [1.165, 1.54) is 0 Å². The van der Waals surface area contributed by atoms with Gasteiger partial charge in [-0.05, 0) is 0 Å². The average molecular weight is 203 g/mol. The van der Waals surface area contributed by atoms with E-state index < -0.39 is 0 Å². The maximum Gasteiger partial charge on any atom is 3.00 e. The molecule has 0 nitrogen and oxygen atoms in total. The summed E-state index contributed by atoms with van der Waals surface area (Å²) < 4.78 is 0. The molecular weight excluding hydrogens is 203 g/mol. The number of halogens is 4. The summed E-state index contributed by atoms with van der Waals surface area (Å²) in [7, 11) is 0. The monoisotopic (exact) mass is 201 g/mol. The Bertz CT molecular complexity index is 11.7. The van der Waals surface area contributed by atoms with Gasteiger partial charge in [0, 0.05) is 8.41 Å². The Morgan fingerprint density at radius 2 is 0.571 bits per heavy atom. The Hall–Kier alpha value is 2.76. The standard InChI is InChI=1S/Al.B.4ClH.Na/h;;4*1H;/q+3;;;;;;+1/p-4. The van der Waals surface area contributed by atoms with Crippen LogP contribution in [0.25, 0.3) is 0 Å². The van der Waals surface area contributed by atoms with Crippen molar-refractivity contribution in [3.63, 3.8) is 0 Å². The SMILES string of the molecule is [Al+3].[B].[Cl-].[Cl-].[Cl-].[Cl-].[Na+]. The van der Waals surface area contributed by atoms with E-state index in [-0.39, 0.29) is 105 Å². The van der Waals surface area contributed by atoms with E-state index in [0.717, 1.165) is 0 Å². The van der Waals surface area contributed by atoms with E-state index >= 15 is 0 Å². The molecular formula is AlBCl4Na. The van der Waals surface area contributed by atoms with Crippen molar-refractivity contribution in [2.45, 2.75) is 0 Å². The third kappa shape index (κ3) is 52.6. The van der Waals surface area contributed by atoms with Gasteiger partial charge in [-0.2, -0.15) is 0 Å². The van der Waals surface area contributed by atoms with Crippen LogP contribution in [0.15, 0.2) is 0 Å². The predicted octanol–water partition coefficient (Wildman–Crippen LogP) is -15.7. The topological polar surface area (TPSA) is 0 Å². The molecule has 0 saturated heterocycles. The molecule has 0 heterocycles. The normalized spacial score (nSPS) is 0. The minimum absolute atomic E-state index is 0. The molecule has 0 aromatic rings. The van der Waals surface area contributed by atoms with Crippen LogP contribution in [0.4, 0.5) is 0 Å². The molecule has 0 atom stereocenters. The fourth-order valence-corrected chi connectivity index (χ4v) is 0. The van der Waals surface area contributed by atoms with Crippen LogP contribution in [0.3, 0.4) is 0 Å². The van der Waals surface area contributed by atoms with Crippen LogP contribution in [-0.4, -0.2) is 25.8 Å². The van der Waals surface area contributed by atoms with E-state index in [1.807, 2.05) is 0 Å². The third-order valence-electron chi connectivity index (χ3n) is 0. The number of hydrogen-bond donors (Lipinski definition) is 0. The van der Waals surface area contributed by atoms with Crippen molar-refractivity contribution in [1.82, 2.24) is 0 Å². The Morgan fingerprint density at radius 3 is 0.571 bits per heavy atom. The first kappa shape index (κ1) is 98.4. The molecule has 0 bridgehead atoms. The van der Waals surface area contributed by atoms with Gasteiger partial charge >= 0.3 is 46.9 Å². The third-order valence-corrected chi connectivity index (χ3v) is 0. The van der Waals surface area contributed by atoms with Gasteiger partial charge in [0.2, 0.25) is 0 Å². The number of hydrogen-bond acceptors (Lipinski definition) is 0. The van der Waals surface area contributed by atoms with Gasteiger partial charge in [0.1, 0.15) is 0 Å². The Kier molecular flexibility index (Phi) is 975. The zero-order valence-electron chi connectivity index (χ0n) is 3.67. The fraction of sp³-hybridized carbons (Fsp3) is 0. The molecule has 35 valence electrons. The van der Waals surface area contributed by atoms with E-state index in [0.29, 0.717) is 0 Å². The van der Waals surface area contributed by atoms with Gasteiger partial charge in [-0.3, -0.25) is 0 Å². The van der Waals surface area contributed by atoms with Gasteiger partial charge in [-0.1, -0.05) is 0 Å². The molecule has 0 fully saturated rings. The van der Waals surface area contributed by atoms with Gasteiger partial charge in [0.15, 0.2) is 0 Å². The molecule has 0 N–H and O–H groups in total. The summed E-state index contributed by atoms with van der Waals surface area (Å²) in [6.45, 7) is 0. The summed E-state index contributed by atoms with van der Waals surface area (Å²) in [6, 6.07) is 0. The molecule has 7 heavy (non-hydrogen) atoms. The number of rotatable bonds is 0. The first-order valence-corrected chi connectivity index (χ1v) is 0. The van der Waals surface area contributed by atoms with E-state index in [4.69, 9.17) is 0 Å². The fourth-order valence-electron chi connectivity index (χ4n) is 0. The van der Waals surface area contributed by atoms with Crippen molar-refractivity contribution in [2.24, 2.45) is 0 Å². The maximum atomic E-state index is 0. The Labute approximate surface area is 104 Å². The molecule has 0 aliphatic carbocycles. The summed E-state index contributed by atoms with van der Waals surface area (Å²) in [4.78, 5) is 0. The first-order valence-electron chi connectivity index (χ1n) is 0. The van der Waals surface area contributed by atoms with Gasteiger partial charge in [-0.25, -0.2) is 0 Å². The van der Waals surface area contributed by atoms with Crippen molar-refractivity contribution >= 4 is 25.8 Å². The molecule has 0 spiro atoms. The van der Waals surface area contributed by atoms with Crippen molar-refractivity contribution < 1.29 is 79.2 Å². The quantitative estimate of drug-likeness (QED) is 0.343. The molecule has 0 saturated carbocycles. The van der Waals surface area contributed by atoms with Gasteiger partial charge < -0.3 is 49.6 Å². The van der Waals surface area contributed by atoms with Crippen LogP contribution in [0.5, 0.6) is 0 Å². The summed E-state index contributed by atoms with van der Waals surface area (Å²) >= 11 is 0. The van der Waals surface area contributed by atoms with Crippen LogP contribution in [0.2, 0.25) is 0 Å². The molecule has 0 aliphatic rings. The summed E-state index contributed by atoms with van der Waals surface area (Å²) in [5.74, 6) is 0. The second kappa shape index (κ2) is 69.3. The smallest absolute Gasteiger partial charge is 1.00 e. The van der Waals surface area contributed by atoms with Crippen LogP contribution < -0.4 is 79.2 Å². The summed E-state index contributed by atoms with van der Waals surface area (Å²) in [5.41, 5.74) is 0. The first-order chi connectivity index (χ1) is 0. The summed E-state index contributed by atoms with van der Waals surface area (Å²) in [5, 5.41) is 0. The second-order valence-corrected chi connectivity index (χ2v) is 0. The summed E-state index contributed by atoms with van der Waals surface area (Å²) in [6.07, 6.45) is 0. The van der Waals surface area contributed by atoms with Crippen molar-refractivity contribution in [3.05, 3.63) is 0 Å². The zero-order valence-corrected chi connectivity index (χ0v) is 9.84. The molecule has 0 aliphatic heterocycles. The molecule has 3 radical (unpaired) electrons. The Morgan fingerprint density at radius 1 is 0.571 bits per heavy atom. The van der Waals surface area contributed by atoms with Crippen LogP contribution in [0.1, 0.15) is 0 Å². The predicted molar refractivity (Wildman–Crippen MR) is 11.5 cm³/mol. The molecule has 7 heteroatoms. The molecule has 0 amide bonds. The Balaban J connectivity index is 0. The second-order valence-electron chi connectivity index (χ2n) is 0. The van der Waals surface area contributed by atoms with E-state index in [1.54, 1.807) is 0 Å². The van der Waals surface area contributed by atoms with Crippen molar-refractivity contribution in [3.8, 4) is 0 Å². The molecule has 0 unspecified atom stereocenters. The van der Waals surface area contributed by atoms with E-state index in [2.05, 4.69) is 0 Å². The average Bonchev–Trinajstić information content (AvgIpc) is 0. The van der Waals surface area contributed by atoms with E-state index in [9.17, 15) is 0 Å². The van der Waals surface area contributed by atoms with Gasteiger partial charge in [0.25, 0.3) is 0 Å². The van der Waals surface area contributed by atoms with Crippen molar-refractivity contribution in [1.29, 1.82) is 0 Å². The zero-order chi connectivity index (χ0) is 0. The molecule has 0 aromatic heterocycles. The van der Waals surface area contributed by atoms with Gasteiger partial charge in [0.05, 0.1) is 0 Å². The largest absolute Gasteiger partial charge is 3.00 e. The minimum Gasteiger partial charge on any atom is -1.00 e. The van der Waals surface area contributed by atoms with Gasteiger partial charge in [-0.15, -0.1) is 0 Å².